The van der Waals surface area contributed by atoms with Crippen LogP contribution in [0.5, 0.6) is 0 Å². The van der Waals surface area contributed by atoms with Gasteiger partial charge in [-0.1, -0.05) is 103 Å². The van der Waals surface area contributed by atoms with Crippen molar-refractivity contribution in [2.75, 3.05) is 0 Å². The zero-order valence-corrected chi connectivity index (χ0v) is 17.4. The standard InChI is InChI=1S/C21H24Cl4/c22-18-14-8-12-16(20(18)24)10-6-4-2-1-3-5-7-11-17-13-9-15-19(23)21(17)25/h8-9,12-15H,1-7,10-11H2. The van der Waals surface area contributed by atoms with Gasteiger partial charge in [0.2, 0.25) is 0 Å². The minimum absolute atomic E-state index is 0.652. The van der Waals surface area contributed by atoms with Gasteiger partial charge < -0.3 is 0 Å². The maximum Gasteiger partial charge on any atom is 0.0624 e. The van der Waals surface area contributed by atoms with E-state index in [1.807, 2.05) is 24.3 Å². The molecule has 4 heteroatoms. The SMILES string of the molecule is Clc1cccc(CCCCCCCCCc2cccc(Cl)c2Cl)c1Cl. The van der Waals surface area contributed by atoms with Gasteiger partial charge in [-0.2, -0.15) is 0 Å². The van der Waals surface area contributed by atoms with Crippen LogP contribution in [0.4, 0.5) is 0 Å². The third kappa shape index (κ3) is 7.02. The molecule has 0 aromatic heterocycles. The van der Waals surface area contributed by atoms with Gasteiger partial charge in [-0.15, -0.1) is 0 Å². The van der Waals surface area contributed by atoms with Gasteiger partial charge in [0.1, 0.15) is 0 Å². The van der Waals surface area contributed by atoms with Gasteiger partial charge in [-0.05, 0) is 48.9 Å². The van der Waals surface area contributed by atoms with E-state index in [-0.39, 0.29) is 0 Å². The highest BCUT2D eigenvalue weighted by Crippen LogP contribution is 2.28. The van der Waals surface area contributed by atoms with Crippen molar-refractivity contribution >= 4 is 46.4 Å². The first kappa shape index (κ1) is 20.9. The molecule has 0 nitrogen and oxygen atoms in total. The Balaban J connectivity index is 1.52. The highest BCUT2D eigenvalue weighted by atomic mass is 35.5. The average Bonchev–Trinajstić information content (AvgIpc) is 2.60. The lowest BCUT2D eigenvalue weighted by Gasteiger charge is -2.07. The van der Waals surface area contributed by atoms with E-state index in [1.165, 1.54) is 32.1 Å². The number of halogens is 4. The summed E-state index contributed by atoms with van der Waals surface area (Å²) in [6.45, 7) is 0. The Bertz CT molecular complexity index is 609. The van der Waals surface area contributed by atoms with E-state index in [4.69, 9.17) is 46.4 Å². The molecule has 0 spiro atoms. The lowest BCUT2D eigenvalue weighted by molar-refractivity contribution is 0.579. The van der Waals surface area contributed by atoms with E-state index in [0.717, 1.165) is 36.8 Å². The highest BCUT2D eigenvalue weighted by molar-refractivity contribution is 6.42. The van der Waals surface area contributed by atoms with Crippen molar-refractivity contribution in [3.8, 4) is 0 Å². The van der Waals surface area contributed by atoms with E-state index in [9.17, 15) is 0 Å². The molecule has 0 saturated heterocycles. The summed E-state index contributed by atoms with van der Waals surface area (Å²) >= 11 is 24.5. The van der Waals surface area contributed by atoms with Crippen molar-refractivity contribution in [3.05, 3.63) is 67.6 Å². The molecule has 0 saturated carbocycles. The maximum atomic E-state index is 6.21. The van der Waals surface area contributed by atoms with Crippen molar-refractivity contribution < 1.29 is 0 Å². The minimum Gasteiger partial charge on any atom is -0.0827 e. The third-order valence-electron chi connectivity index (χ3n) is 4.46. The van der Waals surface area contributed by atoms with E-state index in [2.05, 4.69) is 12.1 Å². The molecule has 0 radical (unpaired) electrons. The first-order valence-corrected chi connectivity index (χ1v) is 10.5. The number of hydrogen-bond acceptors (Lipinski definition) is 0. The molecule has 25 heavy (non-hydrogen) atoms. The zero-order chi connectivity index (χ0) is 18.1. The second kappa shape index (κ2) is 11.3. The number of aryl methyl sites for hydroxylation is 2. The first-order valence-electron chi connectivity index (χ1n) is 8.95. The lowest BCUT2D eigenvalue weighted by atomic mass is 10.0. The number of unbranched alkanes of at least 4 members (excludes halogenated alkanes) is 6. The topological polar surface area (TPSA) is 0 Å². The molecule has 0 amide bonds. The minimum atomic E-state index is 0.652. The predicted octanol–water partition coefficient (Wildman–Crippen LogP) is 8.82. The quantitative estimate of drug-likeness (QED) is 0.338. The predicted molar refractivity (Wildman–Crippen MR) is 113 cm³/mol. The second-order valence-electron chi connectivity index (χ2n) is 6.40. The molecule has 0 heterocycles. The molecule has 0 aliphatic carbocycles. The molecular weight excluding hydrogens is 394 g/mol. The Kier molecular flexibility index (Phi) is 9.48. The molecule has 0 aliphatic heterocycles. The van der Waals surface area contributed by atoms with Crippen LogP contribution in [0.1, 0.15) is 56.1 Å². The van der Waals surface area contributed by atoms with E-state index in [0.29, 0.717) is 20.1 Å². The molecular formula is C21H24Cl4. The second-order valence-corrected chi connectivity index (χ2v) is 7.97. The molecule has 0 bridgehead atoms. The van der Waals surface area contributed by atoms with Gasteiger partial charge in [0.05, 0.1) is 20.1 Å². The van der Waals surface area contributed by atoms with Crippen LogP contribution in [0, 0.1) is 0 Å². The summed E-state index contributed by atoms with van der Waals surface area (Å²) in [5, 5.41) is 2.73. The van der Waals surface area contributed by atoms with Gasteiger partial charge in [-0.25, -0.2) is 0 Å². The summed E-state index contributed by atoms with van der Waals surface area (Å²) in [6.07, 6.45) is 10.7. The maximum absolute atomic E-state index is 6.21. The van der Waals surface area contributed by atoms with E-state index >= 15 is 0 Å². The van der Waals surface area contributed by atoms with Crippen molar-refractivity contribution in [2.45, 2.75) is 57.8 Å². The van der Waals surface area contributed by atoms with Crippen LogP contribution in [0.25, 0.3) is 0 Å². The molecule has 2 aromatic carbocycles. The molecule has 0 atom stereocenters. The molecule has 0 unspecified atom stereocenters. The van der Waals surface area contributed by atoms with Crippen molar-refractivity contribution in [2.24, 2.45) is 0 Å². The molecule has 2 rings (SSSR count). The lowest BCUT2D eigenvalue weighted by Crippen LogP contribution is -1.90. The van der Waals surface area contributed by atoms with E-state index < -0.39 is 0 Å². The summed E-state index contributed by atoms with van der Waals surface area (Å²) in [5.74, 6) is 0. The fourth-order valence-corrected chi connectivity index (χ4v) is 3.83. The van der Waals surface area contributed by atoms with Crippen molar-refractivity contribution in [3.63, 3.8) is 0 Å². The molecule has 136 valence electrons. The molecule has 0 N–H and O–H groups in total. The number of hydrogen-bond donors (Lipinski definition) is 0. The van der Waals surface area contributed by atoms with Crippen LogP contribution in [-0.4, -0.2) is 0 Å². The Hall–Kier alpha value is -0.400. The Morgan fingerprint density at radius 1 is 0.480 bits per heavy atom. The fraction of sp³-hybridized carbons (Fsp3) is 0.429. The summed E-state index contributed by atoms with van der Waals surface area (Å²) in [4.78, 5) is 0. The average molecular weight is 418 g/mol. The van der Waals surface area contributed by atoms with Crippen molar-refractivity contribution in [1.29, 1.82) is 0 Å². The van der Waals surface area contributed by atoms with Gasteiger partial charge in [0.15, 0.2) is 0 Å². The Labute approximate surface area is 171 Å². The van der Waals surface area contributed by atoms with Crippen LogP contribution in [0.2, 0.25) is 20.1 Å². The first-order chi connectivity index (χ1) is 12.1. The van der Waals surface area contributed by atoms with E-state index in [1.54, 1.807) is 0 Å². The van der Waals surface area contributed by atoms with Crippen LogP contribution in [-0.2, 0) is 12.8 Å². The highest BCUT2D eigenvalue weighted by Gasteiger charge is 2.05. The summed E-state index contributed by atoms with van der Waals surface area (Å²) in [6, 6.07) is 11.7. The molecule has 2 aromatic rings. The fourth-order valence-electron chi connectivity index (χ4n) is 3.00. The summed E-state index contributed by atoms with van der Waals surface area (Å²) in [5.41, 5.74) is 2.32. The normalized spacial score (nSPS) is 11.0. The molecule has 0 aliphatic rings. The molecule has 0 fully saturated rings. The zero-order valence-electron chi connectivity index (χ0n) is 14.3. The van der Waals surface area contributed by atoms with Crippen LogP contribution in [0.3, 0.4) is 0 Å². The van der Waals surface area contributed by atoms with Crippen LogP contribution in [0.15, 0.2) is 36.4 Å². The largest absolute Gasteiger partial charge is 0.0827 e. The van der Waals surface area contributed by atoms with Crippen molar-refractivity contribution in [1.82, 2.24) is 0 Å². The van der Waals surface area contributed by atoms with Crippen LogP contribution >= 0.6 is 46.4 Å². The van der Waals surface area contributed by atoms with Crippen LogP contribution < -0.4 is 0 Å². The Morgan fingerprint density at radius 2 is 0.840 bits per heavy atom. The monoisotopic (exact) mass is 416 g/mol. The summed E-state index contributed by atoms with van der Waals surface area (Å²) < 4.78 is 0. The summed E-state index contributed by atoms with van der Waals surface area (Å²) in [7, 11) is 0. The van der Waals surface area contributed by atoms with Gasteiger partial charge >= 0.3 is 0 Å². The number of benzene rings is 2. The smallest absolute Gasteiger partial charge is 0.0624 e. The Morgan fingerprint density at radius 3 is 1.24 bits per heavy atom. The van der Waals surface area contributed by atoms with Gasteiger partial charge in [0, 0.05) is 0 Å². The number of rotatable bonds is 10. The third-order valence-corrected chi connectivity index (χ3v) is 6.17. The van der Waals surface area contributed by atoms with Gasteiger partial charge in [-0.3, -0.25) is 0 Å². The van der Waals surface area contributed by atoms with Gasteiger partial charge in [0.25, 0.3) is 0 Å².